The Hall–Kier alpha value is -2.75. The zero-order chi connectivity index (χ0) is 13.9. The molecule has 4 nitrogen and oxygen atoms in total. The van der Waals surface area contributed by atoms with E-state index in [-0.39, 0.29) is 6.61 Å². The van der Waals surface area contributed by atoms with Gasteiger partial charge in [0.25, 0.3) is 0 Å². The van der Waals surface area contributed by atoms with Gasteiger partial charge in [-0.2, -0.15) is 0 Å². The van der Waals surface area contributed by atoms with Crippen LogP contribution in [0, 0.1) is 0 Å². The van der Waals surface area contributed by atoms with Crippen molar-refractivity contribution in [3.8, 4) is 0 Å². The Morgan fingerprint density at radius 2 is 1.85 bits per heavy atom. The smallest absolute Gasteiger partial charge is 0.418 e. The molecule has 0 spiro atoms. The number of fused-ring (bicyclic) bond motifs is 1. The van der Waals surface area contributed by atoms with Crippen LogP contribution in [0.4, 0.5) is 10.5 Å². The van der Waals surface area contributed by atoms with Gasteiger partial charge in [-0.1, -0.05) is 42.5 Å². The number of nitrogens with zero attached hydrogens (tertiary/aromatic N) is 1. The van der Waals surface area contributed by atoms with E-state index in [9.17, 15) is 4.79 Å². The van der Waals surface area contributed by atoms with Crippen LogP contribution in [0.2, 0.25) is 0 Å². The van der Waals surface area contributed by atoms with Gasteiger partial charge < -0.3 is 10.5 Å². The quantitative estimate of drug-likeness (QED) is 0.723. The summed E-state index contributed by atoms with van der Waals surface area (Å²) in [6, 6.07) is 16.9. The van der Waals surface area contributed by atoms with Crippen LogP contribution in [-0.4, -0.2) is 10.7 Å². The molecule has 0 fully saturated rings. The number of hydrogen-bond donors (Lipinski definition) is 1. The zero-order valence-electron chi connectivity index (χ0n) is 10.8. The number of benzene rings is 2. The standard InChI is InChI=1S/C16H14N2O2/c17-14-8-4-7-13-9-10-18(15(13)14)16(19)20-11-12-5-2-1-3-6-12/h1-10H,11,17H2. The maximum absolute atomic E-state index is 12.1. The SMILES string of the molecule is Nc1cccc2ccn(C(=O)OCc3ccccc3)c12. The Labute approximate surface area is 116 Å². The van der Waals surface area contributed by atoms with Gasteiger partial charge in [0.2, 0.25) is 0 Å². The van der Waals surface area contributed by atoms with Crippen LogP contribution in [0.25, 0.3) is 10.9 Å². The molecule has 0 atom stereocenters. The molecule has 100 valence electrons. The predicted octanol–water partition coefficient (Wildman–Crippen LogP) is 3.41. The van der Waals surface area contributed by atoms with Crippen LogP contribution >= 0.6 is 0 Å². The van der Waals surface area contributed by atoms with E-state index in [0.717, 1.165) is 10.9 Å². The molecule has 1 aromatic heterocycles. The van der Waals surface area contributed by atoms with Gasteiger partial charge in [-0.15, -0.1) is 0 Å². The number of rotatable bonds is 2. The number of carbonyl (C=O) groups excluding carboxylic acids is 1. The molecule has 0 saturated carbocycles. The van der Waals surface area contributed by atoms with Gasteiger partial charge in [-0.3, -0.25) is 4.57 Å². The molecule has 0 radical (unpaired) electrons. The van der Waals surface area contributed by atoms with Crippen LogP contribution in [0.3, 0.4) is 0 Å². The van der Waals surface area contributed by atoms with E-state index in [1.807, 2.05) is 48.5 Å². The van der Waals surface area contributed by atoms with E-state index in [1.54, 1.807) is 12.3 Å². The van der Waals surface area contributed by atoms with Gasteiger partial charge in [0, 0.05) is 11.6 Å². The largest absolute Gasteiger partial charge is 0.444 e. The molecule has 20 heavy (non-hydrogen) atoms. The molecule has 3 rings (SSSR count). The minimum absolute atomic E-state index is 0.242. The van der Waals surface area contributed by atoms with Crippen molar-refractivity contribution >= 4 is 22.7 Å². The summed E-state index contributed by atoms with van der Waals surface area (Å²) in [5.41, 5.74) is 8.11. The third-order valence-corrected chi connectivity index (χ3v) is 3.14. The van der Waals surface area contributed by atoms with Gasteiger partial charge in [0.15, 0.2) is 0 Å². The van der Waals surface area contributed by atoms with Crippen LogP contribution < -0.4 is 5.73 Å². The number of carbonyl (C=O) groups is 1. The second kappa shape index (κ2) is 5.09. The Morgan fingerprint density at radius 1 is 1.05 bits per heavy atom. The summed E-state index contributed by atoms with van der Waals surface area (Å²) in [6.07, 6.45) is 1.25. The van der Waals surface area contributed by atoms with Gasteiger partial charge in [0.1, 0.15) is 6.61 Å². The molecule has 0 unspecified atom stereocenters. The lowest BCUT2D eigenvalue weighted by molar-refractivity contribution is 0.142. The van der Waals surface area contributed by atoms with Crippen molar-refractivity contribution in [3.63, 3.8) is 0 Å². The molecule has 0 aliphatic carbocycles. The first kappa shape index (κ1) is 12.3. The molecule has 0 saturated heterocycles. The highest BCUT2D eigenvalue weighted by Gasteiger charge is 2.12. The van der Waals surface area contributed by atoms with Gasteiger partial charge >= 0.3 is 6.09 Å². The molecule has 1 heterocycles. The van der Waals surface area contributed by atoms with Crippen LogP contribution in [-0.2, 0) is 11.3 Å². The third kappa shape index (κ3) is 2.23. The number of nitrogens with two attached hydrogens (primary N) is 1. The van der Waals surface area contributed by atoms with Gasteiger partial charge in [-0.25, -0.2) is 4.79 Å². The molecule has 3 aromatic rings. The first-order chi connectivity index (χ1) is 9.75. The second-order valence-corrected chi connectivity index (χ2v) is 4.51. The molecule has 4 heteroatoms. The minimum atomic E-state index is -0.429. The third-order valence-electron chi connectivity index (χ3n) is 3.14. The highest BCUT2D eigenvalue weighted by atomic mass is 16.5. The van der Waals surface area contributed by atoms with Crippen molar-refractivity contribution in [1.82, 2.24) is 4.57 Å². The first-order valence-corrected chi connectivity index (χ1v) is 6.32. The van der Waals surface area contributed by atoms with Crippen LogP contribution in [0.15, 0.2) is 60.8 Å². The van der Waals surface area contributed by atoms with Gasteiger partial charge in [-0.05, 0) is 17.7 Å². The number of ether oxygens (including phenoxy) is 1. The Kier molecular flexibility index (Phi) is 3.13. The summed E-state index contributed by atoms with van der Waals surface area (Å²) >= 11 is 0. The number of para-hydroxylation sites is 1. The normalized spacial score (nSPS) is 10.6. The van der Waals surface area contributed by atoms with Crippen molar-refractivity contribution in [1.29, 1.82) is 0 Å². The summed E-state index contributed by atoms with van der Waals surface area (Å²) in [4.78, 5) is 12.1. The van der Waals surface area contributed by atoms with Crippen molar-refractivity contribution in [3.05, 3.63) is 66.4 Å². The highest BCUT2D eigenvalue weighted by Crippen LogP contribution is 2.22. The monoisotopic (exact) mass is 266 g/mol. The molecule has 2 aromatic carbocycles. The van der Waals surface area contributed by atoms with E-state index in [4.69, 9.17) is 10.5 Å². The Bertz CT molecular complexity index is 748. The van der Waals surface area contributed by atoms with Crippen molar-refractivity contribution < 1.29 is 9.53 Å². The van der Waals surface area contributed by atoms with E-state index in [2.05, 4.69) is 0 Å². The summed E-state index contributed by atoms with van der Waals surface area (Å²) in [7, 11) is 0. The van der Waals surface area contributed by atoms with Crippen molar-refractivity contribution in [2.75, 3.05) is 5.73 Å². The Balaban J connectivity index is 1.83. The number of anilines is 1. The number of hydrogen-bond acceptors (Lipinski definition) is 3. The topological polar surface area (TPSA) is 57.2 Å². The summed E-state index contributed by atoms with van der Waals surface area (Å²) in [6.45, 7) is 0.242. The molecule has 0 aliphatic rings. The van der Waals surface area contributed by atoms with E-state index < -0.39 is 6.09 Å². The van der Waals surface area contributed by atoms with Crippen LogP contribution in [0.1, 0.15) is 5.56 Å². The fourth-order valence-corrected chi connectivity index (χ4v) is 2.16. The van der Waals surface area contributed by atoms with Crippen molar-refractivity contribution in [2.24, 2.45) is 0 Å². The van der Waals surface area contributed by atoms with Gasteiger partial charge in [0.05, 0.1) is 11.2 Å². The number of nitrogen functional groups attached to an aromatic ring is 1. The second-order valence-electron chi connectivity index (χ2n) is 4.51. The van der Waals surface area contributed by atoms with E-state index in [0.29, 0.717) is 11.2 Å². The summed E-state index contributed by atoms with van der Waals surface area (Å²) in [5, 5.41) is 0.918. The zero-order valence-corrected chi connectivity index (χ0v) is 10.8. The highest BCUT2D eigenvalue weighted by molar-refractivity contribution is 5.96. The fraction of sp³-hybridized carbons (Fsp3) is 0.0625. The average molecular weight is 266 g/mol. The van der Waals surface area contributed by atoms with Crippen molar-refractivity contribution in [2.45, 2.75) is 6.61 Å². The number of aromatic nitrogens is 1. The lowest BCUT2D eigenvalue weighted by atomic mass is 10.2. The maximum Gasteiger partial charge on any atom is 0.418 e. The molecular weight excluding hydrogens is 252 g/mol. The minimum Gasteiger partial charge on any atom is -0.444 e. The van der Waals surface area contributed by atoms with E-state index in [1.165, 1.54) is 4.57 Å². The Morgan fingerprint density at radius 3 is 2.65 bits per heavy atom. The lowest BCUT2D eigenvalue weighted by Crippen LogP contribution is -2.13. The lowest BCUT2D eigenvalue weighted by Gasteiger charge is -2.07. The van der Waals surface area contributed by atoms with Crippen LogP contribution in [0.5, 0.6) is 0 Å². The van der Waals surface area contributed by atoms with E-state index >= 15 is 0 Å². The fourth-order valence-electron chi connectivity index (χ4n) is 2.16. The summed E-state index contributed by atoms with van der Waals surface area (Å²) < 4.78 is 6.74. The molecule has 0 bridgehead atoms. The average Bonchev–Trinajstić information content (AvgIpc) is 2.91. The maximum atomic E-state index is 12.1. The summed E-state index contributed by atoms with van der Waals surface area (Å²) in [5.74, 6) is 0. The molecule has 0 aliphatic heterocycles. The predicted molar refractivity (Wildman–Crippen MR) is 78.4 cm³/mol. The molecule has 0 amide bonds. The first-order valence-electron chi connectivity index (χ1n) is 6.32. The molecule has 2 N–H and O–H groups in total. The molecular formula is C16H14N2O2.